The zero-order chi connectivity index (χ0) is 14.2. The molecule has 0 radical (unpaired) electrons. The van der Waals surface area contributed by atoms with Gasteiger partial charge >= 0.3 is 5.69 Å². The standard InChI is InChI=1S/C14H15ClN2O2/c1-4-11-12(15)16-14(19)17(13(11)18)10-6-5-8(2)9(3)7-10/h5-7H,4H2,1-3H3,(H,16,19). The van der Waals surface area contributed by atoms with Crippen molar-refractivity contribution in [2.24, 2.45) is 0 Å². The molecule has 2 rings (SSSR count). The Morgan fingerprint density at radius 2 is 1.89 bits per heavy atom. The Balaban J connectivity index is 2.79. The van der Waals surface area contributed by atoms with Crippen molar-refractivity contribution in [2.45, 2.75) is 27.2 Å². The smallest absolute Gasteiger partial charge is 0.297 e. The maximum Gasteiger partial charge on any atom is 0.334 e. The van der Waals surface area contributed by atoms with Crippen LogP contribution < -0.4 is 11.2 Å². The van der Waals surface area contributed by atoms with Crippen molar-refractivity contribution in [3.63, 3.8) is 0 Å². The molecule has 100 valence electrons. The molecule has 1 N–H and O–H groups in total. The fourth-order valence-electron chi connectivity index (χ4n) is 1.95. The lowest BCUT2D eigenvalue weighted by Gasteiger charge is -2.09. The molecule has 0 saturated carbocycles. The van der Waals surface area contributed by atoms with Crippen LogP contribution in [0, 0.1) is 13.8 Å². The molecule has 4 nitrogen and oxygen atoms in total. The predicted octanol–water partition coefficient (Wildman–Crippen LogP) is 2.36. The van der Waals surface area contributed by atoms with Crippen LogP contribution in [0.4, 0.5) is 0 Å². The molecule has 0 amide bonds. The Kier molecular flexibility index (Phi) is 3.62. The van der Waals surface area contributed by atoms with E-state index in [9.17, 15) is 9.59 Å². The first-order valence-electron chi connectivity index (χ1n) is 6.07. The molecular weight excluding hydrogens is 264 g/mol. The van der Waals surface area contributed by atoms with E-state index in [0.29, 0.717) is 17.7 Å². The average molecular weight is 279 g/mol. The van der Waals surface area contributed by atoms with E-state index in [-0.39, 0.29) is 10.7 Å². The number of benzene rings is 1. The van der Waals surface area contributed by atoms with Crippen LogP contribution in [-0.4, -0.2) is 9.55 Å². The predicted molar refractivity (Wildman–Crippen MR) is 76.5 cm³/mol. The second kappa shape index (κ2) is 5.05. The SMILES string of the molecule is CCc1c(Cl)[nH]c(=O)n(-c2ccc(C)c(C)c2)c1=O. The van der Waals surface area contributed by atoms with Crippen molar-refractivity contribution >= 4 is 11.6 Å². The molecule has 19 heavy (non-hydrogen) atoms. The fraction of sp³-hybridized carbons (Fsp3) is 0.286. The number of H-pyrrole nitrogens is 1. The summed E-state index contributed by atoms with van der Waals surface area (Å²) in [4.78, 5) is 26.8. The van der Waals surface area contributed by atoms with Gasteiger partial charge in [-0.2, -0.15) is 0 Å². The highest BCUT2D eigenvalue weighted by molar-refractivity contribution is 6.30. The molecule has 0 saturated heterocycles. The number of aromatic amines is 1. The van der Waals surface area contributed by atoms with Gasteiger partial charge in [0.25, 0.3) is 5.56 Å². The summed E-state index contributed by atoms with van der Waals surface area (Å²) in [5.74, 6) is 0. The summed E-state index contributed by atoms with van der Waals surface area (Å²) in [6.07, 6.45) is 0.472. The topological polar surface area (TPSA) is 54.9 Å². The first-order valence-corrected chi connectivity index (χ1v) is 6.44. The minimum absolute atomic E-state index is 0.123. The van der Waals surface area contributed by atoms with Gasteiger partial charge in [0.15, 0.2) is 0 Å². The third kappa shape index (κ3) is 2.36. The second-order valence-corrected chi connectivity index (χ2v) is 4.86. The lowest BCUT2D eigenvalue weighted by Crippen LogP contribution is -2.36. The normalized spacial score (nSPS) is 10.7. The molecule has 0 atom stereocenters. The van der Waals surface area contributed by atoms with E-state index in [1.54, 1.807) is 6.07 Å². The lowest BCUT2D eigenvalue weighted by atomic mass is 10.1. The van der Waals surface area contributed by atoms with Crippen LogP contribution >= 0.6 is 11.6 Å². The summed E-state index contributed by atoms with van der Waals surface area (Å²) in [5.41, 5.74) is 2.23. The Morgan fingerprint density at radius 1 is 1.21 bits per heavy atom. The van der Waals surface area contributed by atoms with Crippen molar-refractivity contribution in [2.75, 3.05) is 0 Å². The summed E-state index contributed by atoms with van der Waals surface area (Å²) >= 11 is 5.88. The van der Waals surface area contributed by atoms with Crippen LogP contribution in [0.3, 0.4) is 0 Å². The molecule has 1 heterocycles. The monoisotopic (exact) mass is 278 g/mol. The summed E-state index contributed by atoms with van der Waals surface area (Å²) in [6, 6.07) is 5.46. The Labute approximate surface area is 115 Å². The highest BCUT2D eigenvalue weighted by atomic mass is 35.5. The van der Waals surface area contributed by atoms with Crippen molar-refractivity contribution in [1.29, 1.82) is 0 Å². The largest absolute Gasteiger partial charge is 0.334 e. The van der Waals surface area contributed by atoms with Gasteiger partial charge in [0.1, 0.15) is 5.15 Å². The van der Waals surface area contributed by atoms with Gasteiger partial charge in [-0.15, -0.1) is 0 Å². The number of halogens is 1. The first kappa shape index (κ1) is 13.6. The molecule has 0 unspecified atom stereocenters. The van der Waals surface area contributed by atoms with Crippen LogP contribution in [0.25, 0.3) is 5.69 Å². The molecule has 0 aliphatic heterocycles. The summed E-state index contributed by atoms with van der Waals surface area (Å²) in [7, 11) is 0. The highest BCUT2D eigenvalue weighted by Crippen LogP contribution is 2.13. The molecule has 0 aliphatic rings. The number of hydrogen-bond acceptors (Lipinski definition) is 2. The maximum absolute atomic E-state index is 12.3. The minimum atomic E-state index is -0.518. The van der Waals surface area contributed by atoms with Crippen molar-refractivity contribution < 1.29 is 0 Å². The molecular formula is C14H15ClN2O2. The third-order valence-corrected chi connectivity index (χ3v) is 3.57. The van der Waals surface area contributed by atoms with E-state index in [0.717, 1.165) is 15.7 Å². The second-order valence-electron chi connectivity index (χ2n) is 4.49. The van der Waals surface area contributed by atoms with Gasteiger partial charge in [-0.25, -0.2) is 9.36 Å². The van der Waals surface area contributed by atoms with E-state index in [1.807, 2.05) is 32.9 Å². The average Bonchev–Trinajstić information content (AvgIpc) is 2.33. The molecule has 0 spiro atoms. The third-order valence-electron chi connectivity index (χ3n) is 3.25. The van der Waals surface area contributed by atoms with Crippen LogP contribution in [0.2, 0.25) is 5.15 Å². The highest BCUT2D eigenvalue weighted by Gasteiger charge is 2.12. The van der Waals surface area contributed by atoms with Crippen LogP contribution in [0.15, 0.2) is 27.8 Å². The first-order chi connectivity index (χ1) is 8.95. The number of aromatic nitrogens is 2. The maximum atomic E-state index is 12.3. The van der Waals surface area contributed by atoms with E-state index in [2.05, 4.69) is 4.98 Å². The quantitative estimate of drug-likeness (QED) is 0.858. The molecule has 5 heteroatoms. The Bertz CT molecular complexity index is 744. The van der Waals surface area contributed by atoms with Gasteiger partial charge in [0.2, 0.25) is 0 Å². The Morgan fingerprint density at radius 3 is 2.47 bits per heavy atom. The zero-order valence-corrected chi connectivity index (χ0v) is 11.8. The molecule has 0 aliphatic carbocycles. The van der Waals surface area contributed by atoms with Gasteiger partial charge in [0.05, 0.1) is 11.3 Å². The molecule has 1 aromatic heterocycles. The zero-order valence-electron chi connectivity index (χ0n) is 11.1. The number of rotatable bonds is 2. The number of nitrogens with zero attached hydrogens (tertiary/aromatic N) is 1. The van der Waals surface area contributed by atoms with E-state index < -0.39 is 5.69 Å². The molecule has 2 aromatic rings. The van der Waals surface area contributed by atoms with Gasteiger partial charge < -0.3 is 0 Å². The summed E-state index contributed by atoms with van der Waals surface area (Å²) in [5, 5.41) is 0.123. The molecule has 0 fully saturated rings. The van der Waals surface area contributed by atoms with E-state index in [4.69, 9.17) is 11.6 Å². The minimum Gasteiger partial charge on any atom is -0.297 e. The number of aryl methyl sites for hydroxylation is 2. The van der Waals surface area contributed by atoms with E-state index in [1.165, 1.54) is 0 Å². The molecule has 1 aromatic carbocycles. The van der Waals surface area contributed by atoms with Crippen LogP contribution in [0.5, 0.6) is 0 Å². The van der Waals surface area contributed by atoms with E-state index >= 15 is 0 Å². The summed E-state index contributed by atoms with van der Waals surface area (Å²) < 4.78 is 1.12. The van der Waals surface area contributed by atoms with Crippen LogP contribution in [0.1, 0.15) is 23.6 Å². The van der Waals surface area contributed by atoms with Crippen LogP contribution in [-0.2, 0) is 6.42 Å². The fourth-order valence-corrected chi connectivity index (χ4v) is 2.25. The van der Waals surface area contributed by atoms with Crippen molar-refractivity contribution in [3.05, 3.63) is 60.9 Å². The Hall–Kier alpha value is -1.81. The summed E-state index contributed by atoms with van der Waals surface area (Å²) in [6.45, 7) is 5.74. The van der Waals surface area contributed by atoms with Crippen molar-refractivity contribution in [1.82, 2.24) is 9.55 Å². The van der Waals surface area contributed by atoms with Gasteiger partial charge in [-0.1, -0.05) is 24.6 Å². The van der Waals surface area contributed by atoms with Crippen molar-refractivity contribution in [3.8, 4) is 5.69 Å². The molecule has 0 bridgehead atoms. The number of hydrogen-bond donors (Lipinski definition) is 1. The van der Waals surface area contributed by atoms with Gasteiger partial charge in [-0.05, 0) is 43.5 Å². The van der Waals surface area contributed by atoms with Gasteiger partial charge in [-0.3, -0.25) is 9.78 Å². The number of nitrogens with one attached hydrogen (secondary N) is 1. The lowest BCUT2D eigenvalue weighted by molar-refractivity contribution is 0.840. The van der Waals surface area contributed by atoms with Gasteiger partial charge in [0, 0.05) is 0 Å².